The van der Waals surface area contributed by atoms with Crippen molar-refractivity contribution in [2.24, 2.45) is 0 Å². The minimum atomic E-state index is -0.782. The van der Waals surface area contributed by atoms with Crippen molar-refractivity contribution in [2.45, 2.75) is 69.0 Å². The molecule has 0 spiro atoms. The van der Waals surface area contributed by atoms with E-state index in [1.165, 1.54) is 0 Å². The maximum Gasteiger partial charge on any atom is 0.225 e. The van der Waals surface area contributed by atoms with Gasteiger partial charge in [-0.25, -0.2) is 0 Å². The molecular weight excluding hydrogens is 320 g/mol. The van der Waals surface area contributed by atoms with E-state index in [0.29, 0.717) is 19.8 Å². The molecule has 2 aliphatic carbocycles. The number of fused-ring (bicyclic) bond motifs is 2. The Labute approximate surface area is 148 Å². The Balaban J connectivity index is 1.43. The molecule has 0 aromatic carbocycles. The van der Waals surface area contributed by atoms with Gasteiger partial charge in [-0.1, -0.05) is 0 Å². The lowest BCUT2D eigenvalue weighted by molar-refractivity contribution is -0.145. The summed E-state index contributed by atoms with van der Waals surface area (Å²) in [5, 5.41) is 10.4. The van der Waals surface area contributed by atoms with E-state index in [0.717, 1.165) is 37.7 Å². The Morgan fingerprint density at radius 3 is 2.88 bits per heavy atom. The van der Waals surface area contributed by atoms with Crippen LogP contribution in [-0.4, -0.2) is 57.9 Å². The highest BCUT2D eigenvalue weighted by Gasteiger charge is 2.46. The monoisotopic (exact) mass is 346 g/mol. The Kier molecular flexibility index (Phi) is 4.75. The van der Waals surface area contributed by atoms with Gasteiger partial charge in [0.05, 0.1) is 37.4 Å². The van der Waals surface area contributed by atoms with Crippen LogP contribution < -0.4 is 0 Å². The molecule has 0 radical (unpaired) electrons. The van der Waals surface area contributed by atoms with Crippen LogP contribution in [0, 0.1) is 0 Å². The van der Waals surface area contributed by atoms with Crippen LogP contribution in [0.4, 0.5) is 0 Å². The Bertz CT molecular complexity index is 605. The molecule has 3 atom stereocenters. The molecule has 1 aromatic heterocycles. The van der Waals surface area contributed by atoms with Crippen LogP contribution in [0.5, 0.6) is 0 Å². The molecule has 4 rings (SSSR count). The number of aromatic nitrogens is 1. The predicted octanol–water partition coefficient (Wildman–Crippen LogP) is 1.66. The fourth-order valence-electron chi connectivity index (χ4n) is 4.24. The average Bonchev–Trinajstić information content (AvgIpc) is 2.87. The summed E-state index contributed by atoms with van der Waals surface area (Å²) in [6, 6.07) is 3.92. The second kappa shape index (κ2) is 7.02. The van der Waals surface area contributed by atoms with Gasteiger partial charge in [0.1, 0.15) is 6.10 Å². The van der Waals surface area contributed by atoms with Crippen molar-refractivity contribution in [3.05, 3.63) is 30.1 Å². The average molecular weight is 346 g/mol. The number of pyridine rings is 1. The van der Waals surface area contributed by atoms with Crippen LogP contribution >= 0.6 is 0 Å². The number of carbonyl (C=O) groups is 1. The van der Waals surface area contributed by atoms with Gasteiger partial charge in [0.2, 0.25) is 5.91 Å². The zero-order valence-corrected chi connectivity index (χ0v) is 14.5. The van der Waals surface area contributed by atoms with E-state index in [2.05, 4.69) is 4.98 Å². The first kappa shape index (κ1) is 16.9. The number of carbonyl (C=O) groups excluding carboxylic acids is 1. The maximum absolute atomic E-state index is 12.8. The van der Waals surface area contributed by atoms with Crippen molar-refractivity contribution < 1.29 is 19.4 Å². The quantitative estimate of drug-likeness (QED) is 0.878. The largest absolute Gasteiger partial charge is 0.389 e. The third kappa shape index (κ3) is 3.57. The van der Waals surface area contributed by atoms with Gasteiger partial charge in [-0.3, -0.25) is 9.78 Å². The summed E-state index contributed by atoms with van der Waals surface area (Å²) >= 11 is 0. The number of hydrogen-bond donors (Lipinski definition) is 1. The topological polar surface area (TPSA) is 71.9 Å². The summed E-state index contributed by atoms with van der Waals surface area (Å²) in [5.41, 5.74) is 0.288. The summed E-state index contributed by atoms with van der Waals surface area (Å²) in [4.78, 5) is 18.7. The highest BCUT2D eigenvalue weighted by atomic mass is 16.5. The summed E-state index contributed by atoms with van der Waals surface area (Å²) < 4.78 is 12.1. The first-order valence-corrected chi connectivity index (χ1v) is 9.29. The number of rotatable bonds is 5. The van der Waals surface area contributed by atoms with Gasteiger partial charge in [-0.05, 0) is 49.8 Å². The second-order valence-corrected chi connectivity index (χ2v) is 7.53. The zero-order valence-electron chi connectivity index (χ0n) is 14.5. The molecule has 0 unspecified atom stereocenters. The highest BCUT2D eigenvalue weighted by Crippen LogP contribution is 2.37. The number of nitrogens with zero attached hydrogens (tertiary/aromatic N) is 2. The van der Waals surface area contributed by atoms with Crippen LogP contribution in [0.25, 0.3) is 0 Å². The van der Waals surface area contributed by atoms with Crippen LogP contribution in [0.1, 0.15) is 44.1 Å². The van der Waals surface area contributed by atoms with Gasteiger partial charge in [0, 0.05) is 18.9 Å². The van der Waals surface area contributed by atoms with Gasteiger partial charge in [-0.2, -0.15) is 0 Å². The summed E-state index contributed by atoms with van der Waals surface area (Å²) in [7, 11) is 0. The van der Waals surface area contributed by atoms with E-state index in [1.807, 2.05) is 17.0 Å². The maximum atomic E-state index is 12.8. The van der Waals surface area contributed by atoms with E-state index >= 15 is 0 Å². The number of ether oxygens (including phenoxy) is 2. The molecule has 3 aliphatic rings. The fourth-order valence-corrected chi connectivity index (χ4v) is 4.24. The van der Waals surface area contributed by atoms with Crippen LogP contribution in [0.15, 0.2) is 24.5 Å². The molecule has 25 heavy (non-hydrogen) atoms. The molecule has 6 nitrogen and oxygen atoms in total. The molecule has 136 valence electrons. The summed E-state index contributed by atoms with van der Waals surface area (Å²) in [5.74, 6) is 0.0378. The molecule has 1 amide bonds. The Morgan fingerprint density at radius 1 is 1.36 bits per heavy atom. The first-order valence-electron chi connectivity index (χ1n) is 9.29. The third-order valence-electron chi connectivity index (χ3n) is 5.83. The van der Waals surface area contributed by atoms with Crippen LogP contribution in [-0.2, 0) is 20.9 Å². The van der Waals surface area contributed by atoms with E-state index in [4.69, 9.17) is 9.47 Å². The Hall–Kier alpha value is -1.50. The van der Waals surface area contributed by atoms with Crippen molar-refractivity contribution in [3.63, 3.8) is 0 Å². The lowest BCUT2D eigenvalue weighted by Crippen LogP contribution is -2.50. The highest BCUT2D eigenvalue weighted by molar-refractivity contribution is 5.78. The van der Waals surface area contributed by atoms with E-state index < -0.39 is 5.60 Å². The minimum absolute atomic E-state index is 0.0378. The normalized spacial score (nSPS) is 30.6. The zero-order chi connectivity index (χ0) is 17.3. The molecule has 2 bridgehead atoms. The SMILES string of the molecule is O=C(CC1(O)CCC1)N1CCO[C@H]2CC[C@H]1[C@H]2OCc1ccncc1. The second-order valence-electron chi connectivity index (χ2n) is 7.53. The summed E-state index contributed by atoms with van der Waals surface area (Å²) in [6.45, 7) is 1.63. The fraction of sp³-hybridized carbons (Fsp3) is 0.684. The molecule has 2 saturated carbocycles. The van der Waals surface area contributed by atoms with Crippen LogP contribution in [0.2, 0.25) is 0 Å². The smallest absolute Gasteiger partial charge is 0.225 e. The molecule has 6 heteroatoms. The van der Waals surface area contributed by atoms with Gasteiger partial charge in [0.15, 0.2) is 0 Å². The lowest BCUT2D eigenvalue weighted by Gasteiger charge is -2.39. The van der Waals surface area contributed by atoms with Gasteiger partial charge in [-0.15, -0.1) is 0 Å². The van der Waals surface area contributed by atoms with Crippen molar-refractivity contribution in [1.82, 2.24) is 9.88 Å². The number of aliphatic hydroxyl groups is 1. The van der Waals surface area contributed by atoms with Crippen molar-refractivity contribution in [3.8, 4) is 0 Å². The van der Waals surface area contributed by atoms with E-state index in [9.17, 15) is 9.90 Å². The van der Waals surface area contributed by atoms with Crippen molar-refractivity contribution >= 4 is 5.91 Å². The van der Waals surface area contributed by atoms with Gasteiger partial charge >= 0.3 is 0 Å². The lowest BCUT2D eigenvalue weighted by atomic mass is 9.77. The Morgan fingerprint density at radius 2 is 2.16 bits per heavy atom. The van der Waals surface area contributed by atoms with Gasteiger partial charge in [0.25, 0.3) is 0 Å². The van der Waals surface area contributed by atoms with E-state index in [-0.39, 0.29) is 30.6 Å². The molecule has 3 fully saturated rings. The molecular formula is C19H26N2O4. The molecule has 1 N–H and O–H groups in total. The van der Waals surface area contributed by atoms with Crippen LogP contribution in [0.3, 0.4) is 0 Å². The molecule has 1 saturated heterocycles. The third-order valence-corrected chi connectivity index (χ3v) is 5.83. The predicted molar refractivity (Wildman–Crippen MR) is 90.7 cm³/mol. The van der Waals surface area contributed by atoms with Crippen molar-refractivity contribution in [2.75, 3.05) is 13.2 Å². The van der Waals surface area contributed by atoms with Crippen molar-refractivity contribution in [1.29, 1.82) is 0 Å². The molecule has 1 aromatic rings. The first-order chi connectivity index (χ1) is 12.1. The van der Waals surface area contributed by atoms with E-state index in [1.54, 1.807) is 12.4 Å². The minimum Gasteiger partial charge on any atom is -0.389 e. The number of hydrogen-bond acceptors (Lipinski definition) is 5. The summed E-state index contributed by atoms with van der Waals surface area (Å²) in [6.07, 6.45) is 7.98. The standard InChI is InChI=1S/C19H26N2O4/c22-17(12-19(23)6-1-7-19)21-10-11-24-16-3-2-15(21)18(16)25-13-14-4-8-20-9-5-14/h4-5,8-9,15-16,18,23H,1-3,6-7,10-13H2/t15-,16-,18+/m0/s1. The number of amides is 1. The molecule has 1 aliphatic heterocycles. The molecule has 2 heterocycles. The van der Waals surface area contributed by atoms with Gasteiger partial charge < -0.3 is 19.5 Å².